The number of anilines is 1. The average Bonchev–Trinajstić information content (AvgIpc) is 3.15. The topological polar surface area (TPSA) is 44.8 Å². The minimum Gasteiger partial charge on any atom is -0.368 e. The van der Waals surface area contributed by atoms with Gasteiger partial charge in [0.15, 0.2) is 5.11 Å². The highest BCUT2D eigenvalue weighted by Crippen LogP contribution is 2.29. The Kier molecular flexibility index (Phi) is 5.67. The maximum Gasteiger partial charge on any atom is 0.416 e. The lowest BCUT2D eigenvalue weighted by Gasteiger charge is -2.37. The van der Waals surface area contributed by atoms with Crippen LogP contribution in [0.25, 0.3) is 0 Å². The van der Waals surface area contributed by atoms with Gasteiger partial charge in [-0.3, -0.25) is 4.79 Å². The van der Waals surface area contributed by atoms with Crippen LogP contribution < -0.4 is 5.32 Å². The van der Waals surface area contributed by atoms with Gasteiger partial charge in [0.1, 0.15) is 6.10 Å². The first-order valence-corrected chi connectivity index (χ1v) is 8.89. The zero-order chi connectivity index (χ0) is 18.7. The fourth-order valence-corrected chi connectivity index (χ4v) is 3.35. The number of hydrogen-bond acceptors (Lipinski definition) is 3. The number of alkyl halides is 3. The monoisotopic (exact) mass is 387 g/mol. The Morgan fingerprint density at radius 1 is 1.12 bits per heavy atom. The number of thiocarbonyl (C=S) groups is 1. The number of hydrogen-bond donors (Lipinski definition) is 1. The Morgan fingerprint density at radius 3 is 2.27 bits per heavy atom. The maximum atomic E-state index is 12.6. The third-order valence-electron chi connectivity index (χ3n) is 4.55. The summed E-state index contributed by atoms with van der Waals surface area (Å²) in [5.74, 6) is 0.0313. The van der Waals surface area contributed by atoms with Crippen molar-refractivity contribution >= 4 is 28.9 Å². The summed E-state index contributed by atoms with van der Waals surface area (Å²) in [6, 6.07) is 4.74. The molecule has 1 atom stereocenters. The molecule has 3 rings (SSSR count). The average molecular weight is 387 g/mol. The molecule has 0 saturated carbocycles. The predicted molar refractivity (Wildman–Crippen MR) is 94.8 cm³/mol. The lowest BCUT2D eigenvalue weighted by atomic mass is 10.2. The van der Waals surface area contributed by atoms with Crippen LogP contribution in [0, 0.1) is 0 Å². The number of nitrogens with zero attached hydrogens (tertiary/aromatic N) is 2. The van der Waals surface area contributed by atoms with E-state index < -0.39 is 11.7 Å². The van der Waals surface area contributed by atoms with Gasteiger partial charge in [-0.1, -0.05) is 0 Å². The number of halogens is 3. The second-order valence-electron chi connectivity index (χ2n) is 6.32. The molecule has 0 bridgehead atoms. The summed E-state index contributed by atoms with van der Waals surface area (Å²) in [4.78, 5) is 16.0. The number of ether oxygens (including phenoxy) is 1. The second kappa shape index (κ2) is 7.79. The summed E-state index contributed by atoms with van der Waals surface area (Å²) in [7, 11) is 0. The van der Waals surface area contributed by atoms with Gasteiger partial charge in [-0.05, 0) is 49.3 Å². The van der Waals surface area contributed by atoms with E-state index in [0.29, 0.717) is 43.6 Å². The molecule has 1 N–H and O–H groups in total. The van der Waals surface area contributed by atoms with Gasteiger partial charge in [0.05, 0.1) is 5.56 Å². The molecule has 1 amide bonds. The molecule has 26 heavy (non-hydrogen) atoms. The van der Waals surface area contributed by atoms with Crippen LogP contribution >= 0.6 is 12.2 Å². The zero-order valence-corrected chi connectivity index (χ0v) is 14.9. The molecule has 2 aliphatic rings. The van der Waals surface area contributed by atoms with E-state index in [2.05, 4.69) is 5.32 Å². The van der Waals surface area contributed by atoms with Crippen molar-refractivity contribution in [1.82, 2.24) is 9.80 Å². The molecule has 9 heteroatoms. The van der Waals surface area contributed by atoms with Crippen LogP contribution in [-0.2, 0) is 15.7 Å². The van der Waals surface area contributed by atoms with E-state index in [1.807, 2.05) is 4.90 Å². The van der Waals surface area contributed by atoms with Crippen LogP contribution in [0.2, 0.25) is 0 Å². The largest absolute Gasteiger partial charge is 0.416 e. The Balaban J connectivity index is 1.50. The summed E-state index contributed by atoms with van der Waals surface area (Å²) in [5.41, 5.74) is -0.198. The molecule has 2 heterocycles. The number of carbonyl (C=O) groups is 1. The van der Waals surface area contributed by atoms with Crippen molar-refractivity contribution in [2.24, 2.45) is 0 Å². The maximum absolute atomic E-state index is 12.6. The smallest absolute Gasteiger partial charge is 0.368 e. The Labute approximate surface area is 155 Å². The van der Waals surface area contributed by atoms with Crippen LogP contribution in [0.5, 0.6) is 0 Å². The van der Waals surface area contributed by atoms with Crippen molar-refractivity contribution < 1.29 is 22.7 Å². The van der Waals surface area contributed by atoms with E-state index in [0.717, 1.165) is 25.0 Å². The Hall–Kier alpha value is -1.87. The van der Waals surface area contributed by atoms with Gasteiger partial charge < -0.3 is 19.9 Å². The minimum atomic E-state index is -4.36. The predicted octanol–water partition coefficient (Wildman–Crippen LogP) is 2.73. The molecule has 1 aromatic rings. The SMILES string of the molecule is O=C([C@H]1CCCO1)N1CCN(C(=S)Nc2ccc(C(F)(F)F)cc2)CC1. The molecule has 2 aliphatic heterocycles. The number of piperazine rings is 1. The summed E-state index contributed by atoms with van der Waals surface area (Å²) in [6.45, 7) is 2.88. The first kappa shape index (κ1) is 18.9. The fourth-order valence-electron chi connectivity index (χ4n) is 3.05. The van der Waals surface area contributed by atoms with Crippen molar-refractivity contribution in [3.05, 3.63) is 29.8 Å². The Bertz CT molecular complexity index is 652. The van der Waals surface area contributed by atoms with Gasteiger partial charge in [0, 0.05) is 38.5 Å². The molecule has 2 saturated heterocycles. The molecule has 1 aromatic carbocycles. The summed E-state index contributed by atoms with van der Waals surface area (Å²) in [6.07, 6.45) is -2.99. The van der Waals surface area contributed by atoms with Gasteiger partial charge in [0.25, 0.3) is 5.91 Å². The number of carbonyl (C=O) groups excluding carboxylic acids is 1. The number of rotatable bonds is 2. The van der Waals surface area contributed by atoms with Crippen molar-refractivity contribution in [1.29, 1.82) is 0 Å². The van der Waals surface area contributed by atoms with Gasteiger partial charge >= 0.3 is 6.18 Å². The van der Waals surface area contributed by atoms with E-state index in [1.54, 1.807) is 4.90 Å². The minimum absolute atomic E-state index is 0.0313. The van der Waals surface area contributed by atoms with E-state index in [1.165, 1.54) is 12.1 Å². The number of amides is 1. The fraction of sp³-hybridized carbons (Fsp3) is 0.529. The van der Waals surface area contributed by atoms with Crippen LogP contribution in [0.4, 0.5) is 18.9 Å². The van der Waals surface area contributed by atoms with Crippen LogP contribution in [0.15, 0.2) is 24.3 Å². The van der Waals surface area contributed by atoms with Crippen molar-refractivity contribution in [2.45, 2.75) is 25.1 Å². The lowest BCUT2D eigenvalue weighted by Crippen LogP contribution is -2.53. The van der Waals surface area contributed by atoms with Crippen LogP contribution in [0.3, 0.4) is 0 Å². The molecule has 0 spiro atoms. The second-order valence-corrected chi connectivity index (χ2v) is 6.71. The highest BCUT2D eigenvalue weighted by Gasteiger charge is 2.31. The number of benzene rings is 1. The van der Waals surface area contributed by atoms with Crippen molar-refractivity contribution in [3.63, 3.8) is 0 Å². The summed E-state index contributed by atoms with van der Waals surface area (Å²) in [5, 5.41) is 3.39. The summed E-state index contributed by atoms with van der Waals surface area (Å²) >= 11 is 5.34. The standard InChI is InChI=1S/C17H20F3N3O2S/c18-17(19,20)12-3-5-13(6-4-12)21-16(26)23-9-7-22(8-10-23)15(24)14-2-1-11-25-14/h3-6,14H,1-2,7-11H2,(H,21,26)/t14-/m1/s1. The van der Waals surface area contributed by atoms with Gasteiger partial charge in [-0.2, -0.15) is 13.2 Å². The molecule has 2 fully saturated rings. The lowest BCUT2D eigenvalue weighted by molar-refractivity contribution is -0.142. The number of nitrogens with one attached hydrogen (secondary N) is 1. The molecule has 0 unspecified atom stereocenters. The molecule has 5 nitrogen and oxygen atoms in total. The molecule has 0 radical (unpaired) electrons. The first-order chi connectivity index (χ1) is 12.3. The Morgan fingerprint density at radius 2 is 1.73 bits per heavy atom. The van der Waals surface area contributed by atoms with Crippen LogP contribution in [0.1, 0.15) is 18.4 Å². The van der Waals surface area contributed by atoms with Gasteiger partial charge in [-0.15, -0.1) is 0 Å². The highest BCUT2D eigenvalue weighted by atomic mass is 32.1. The molecule has 0 aliphatic carbocycles. The normalized spacial score (nSPS) is 21.0. The van der Waals surface area contributed by atoms with E-state index >= 15 is 0 Å². The quantitative estimate of drug-likeness (QED) is 0.791. The highest BCUT2D eigenvalue weighted by molar-refractivity contribution is 7.80. The van der Waals surface area contributed by atoms with Gasteiger partial charge in [-0.25, -0.2) is 0 Å². The van der Waals surface area contributed by atoms with Crippen LogP contribution in [-0.4, -0.2) is 59.7 Å². The molecular weight excluding hydrogens is 367 g/mol. The zero-order valence-electron chi connectivity index (χ0n) is 14.1. The van der Waals surface area contributed by atoms with E-state index in [4.69, 9.17) is 17.0 Å². The third-order valence-corrected chi connectivity index (χ3v) is 4.91. The summed E-state index contributed by atoms with van der Waals surface area (Å²) < 4.78 is 43.2. The molecule has 142 valence electrons. The first-order valence-electron chi connectivity index (χ1n) is 8.48. The molecule has 0 aromatic heterocycles. The molecular formula is C17H20F3N3O2S. The van der Waals surface area contributed by atoms with Gasteiger partial charge in [0.2, 0.25) is 0 Å². The van der Waals surface area contributed by atoms with E-state index in [9.17, 15) is 18.0 Å². The van der Waals surface area contributed by atoms with Crippen molar-refractivity contribution in [3.8, 4) is 0 Å². The third kappa shape index (κ3) is 4.45. The van der Waals surface area contributed by atoms with Crippen molar-refractivity contribution in [2.75, 3.05) is 38.1 Å². The van der Waals surface area contributed by atoms with E-state index in [-0.39, 0.29) is 12.0 Å².